The SMILES string of the molecule is Cc1nn(-c2cc3nc(SC(C)C(=O)O)sc3cc2Cl)c(=O)n1C(F)F. The fourth-order valence-corrected chi connectivity index (χ4v) is 4.66. The number of aryl methyl sites for hydroxylation is 1. The van der Waals surface area contributed by atoms with Crippen LogP contribution in [0.5, 0.6) is 0 Å². The molecule has 0 radical (unpaired) electrons. The third-order valence-corrected chi connectivity index (χ3v) is 5.97. The van der Waals surface area contributed by atoms with E-state index in [1.807, 2.05) is 0 Å². The lowest BCUT2D eigenvalue weighted by molar-refractivity contribution is -0.136. The monoisotopic (exact) mass is 420 g/mol. The Morgan fingerprint density at radius 1 is 1.42 bits per heavy atom. The maximum atomic E-state index is 13.0. The number of hydrogen-bond donors (Lipinski definition) is 1. The second-order valence-electron chi connectivity index (χ2n) is 5.24. The Balaban J connectivity index is 2.08. The second-order valence-corrected chi connectivity index (χ2v) is 8.26. The molecule has 0 aliphatic carbocycles. The van der Waals surface area contributed by atoms with Crippen molar-refractivity contribution in [2.75, 3.05) is 0 Å². The van der Waals surface area contributed by atoms with E-state index in [9.17, 15) is 18.4 Å². The minimum Gasteiger partial charge on any atom is -0.480 e. The normalized spacial score (nSPS) is 12.8. The Morgan fingerprint density at radius 3 is 2.69 bits per heavy atom. The lowest BCUT2D eigenvalue weighted by Crippen LogP contribution is -2.24. The first-order chi connectivity index (χ1) is 12.2. The molecule has 26 heavy (non-hydrogen) atoms. The van der Waals surface area contributed by atoms with Crippen molar-refractivity contribution < 1.29 is 18.7 Å². The summed E-state index contributed by atoms with van der Waals surface area (Å²) in [5, 5.41) is 12.3. The van der Waals surface area contributed by atoms with Crippen LogP contribution in [0.4, 0.5) is 8.78 Å². The number of hydrogen-bond acceptors (Lipinski definition) is 6. The van der Waals surface area contributed by atoms with Gasteiger partial charge < -0.3 is 5.11 Å². The molecule has 3 rings (SSSR count). The van der Waals surface area contributed by atoms with Gasteiger partial charge in [0.25, 0.3) is 0 Å². The zero-order chi connectivity index (χ0) is 19.2. The van der Waals surface area contributed by atoms with Gasteiger partial charge in [0, 0.05) is 0 Å². The van der Waals surface area contributed by atoms with Crippen LogP contribution < -0.4 is 5.69 Å². The first-order valence-electron chi connectivity index (χ1n) is 7.15. The number of halogens is 3. The molecule has 7 nitrogen and oxygen atoms in total. The molecule has 1 aromatic carbocycles. The van der Waals surface area contributed by atoms with Gasteiger partial charge in [-0.1, -0.05) is 23.4 Å². The average Bonchev–Trinajstić information content (AvgIpc) is 3.05. The smallest absolute Gasteiger partial charge is 0.355 e. The number of thioether (sulfide) groups is 1. The summed E-state index contributed by atoms with van der Waals surface area (Å²) in [6.07, 6.45) is 0. The summed E-state index contributed by atoms with van der Waals surface area (Å²) < 4.78 is 28.2. The Labute approximate surface area is 158 Å². The van der Waals surface area contributed by atoms with Gasteiger partial charge in [-0.15, -0.1) is 16.4 Å². The fourth-order valence-electron chi connectivity index (χ4n) is 2.19. The molecular weight excluding hydrogens is 410 g/mol. The quantitative estimate of drug-likeness (QED) is 0.635. The molecule has 1 atom stereocenters. The fraction of sp³-hybridized carbons (Fsp3) is 0.286. The van der Waals surface area contributed by atoms with E-state index < -0.39 is 23.5 Å². The lowest BCUT2D eigenvalue weighted by Gasteiger charge is -2.02. The van der Waals surface area contributed by atoms with Gasteiger partial charge in [0.15, 0.2) is 4.34 Å². The van der Waals surface area contributed by atoms with Crippen molar-refractivity contribution in [3.8, 4) is 5.69 Å². The van der Waals surface area contributed by atoms with E-state index >= 15 is 0 Å². The van der Waals surface area contributed by atoms with Gasteiger partial charge in [-0.25, -0.2) is 14.3 Å². The summed E-state index contributed by atoms with van der Waals surface area (Å²) in [5.41, 5.74) is -0.423. The van der Waals surface area contributed by atoms with Gasteiger partial charge >= 0.3 is 18.2 Å². The van der Waals surface area contributed by atoms with E-state index in [0.29, 0.717) is 14.6 Å². The van der Waals surface area contributed by atoms with Gasteiger partial charge in [0.05, 0.1) is 20.9 Å². The van der Waals surface area contributed by atoms with Crippen molar-refractivity contribution in [1.82, 2.24) is 19.3 Å². The Morgan fingerprint density at radius 2 is 2.12 bits per heavy atom. The number of aliphatic carboxylic acids is 1. The van der Waals surface area contributed by atoms with Crippen LogP contribution in [0.15, 0.2) is 21.3 Å². The van der Waals surface area contributed by atoms with Crippen LogP contribution in [-0.4, -0.2) is 35.7 Å². The number of carboxylic acid groups (broad SMARTS) is 1. The Kier molecular flexibility index (Phi) is 5.04. The van der Waals surface area contributed by atoms with E-state index in [4.69, 9.17) is 16.7 Å². The maximum absolute atomic E-state index is 13.0. The maximum Gasteiger partial charge on any atom is 0.355 e. The minimum absolute atomic E-state index is 0.125. The number of nitrogens with zero attached hydrogens (tertiary/aromatic N) is 4. The number of aromatic nitrogens is 4. The first-order valence-corrected chi connectivity index (χ1v) is 9.22. The molecule has 0 spiro atoms. The minimum atomic E-state index is -3.02. The van der Waals surface area contributed by atoms with Crippen LogP contribution in [-0.2, 0) is 4.79 Å². The lowest BCUT2D eigenvalue weighted by atomic mass is 10.3. The molecule has 0 aliphatic rings. The van der Waals surface area contributed by atoms with Gasteiger partial charge in [-0.3, -0.25) is 4.79 Å². The highest BCUT2D eigenvalue weighted by Gasteiger charge is 2.21. The van der Waals surface area contributed by atoms with Crippen molar-refractivity contribution in [2.45, 2.75) is 30.0 Å². The van der Waals surface area contributed by atoms with Gasteiger partial charge in [-0.2, -0.15) is 13.5 Å². The zero-order valence-electron chi connectivity index (χ0n) is 13.3. The molecule has 0 aliphatic heterocycles. The van der Waals surface area contributed by atoms with Crippen LogP contribution >= 0.6 is 34.7 Å². The van der Waals surface area contributed by atoms with E-state index in [-0.39, 0.29) is 21.1 Å². The summed E-state index contributed by atoms with van der Waals surface area (Å²) >= 11 is 8.52. The second kappa shape index (κ2) is 6.97. The highest BCUT2D eigenvalue weighted by Crippen LogP contribution is 2.35. The summed E-state index contributed by atoms with van der Waals surface area (Å²) in [4.78, 5) is 27.5. The van der Waals surface area contributed by atoms with Crippen LogP contribution in [0.25, 0.3) is 15.9 Å². The number of rotatable bonds is 5. The van der Waals surface area contributed by atoms with Crippen molar-refractivity contribution in [1.29, 1.82) is 0 Å². The standard InChI is InChI=1S/C14H11ClF2N4O3S2/c1-5(11(22)23)25-13-18-8-4-9(7(15)3-10(8)26-13)21-14(24)20(12(16)17)6(2)19-21/h3-5,12H,1-2H3,(H,22,23). The molecule has 12 heteroatoms. The predicted molar refractivity (Wildman–Crippen MR) is 95.0 cm³/mol. The summed E-state index contributed by atoms with van der Waals surface area (Å²) in [7, 11) is 0. The summed E-state index contributed by atoms with van der Waals surface area (Å²) in [6, 6.07) is 3.01. The molecule has 3 aromatic rings. The summed E-state index contributed by atoms with van der Waals surface area (Å²) in [5.74, 6) is -1.11. The van der Waals surface area contributed by atoms with Gasteiger partial charge in [0.1, 0.15) is 11.1 Å². The van der Waals surface area contributed by atoms with Crippen LogP contribution in [0, 0.1) is 6.92 Å². The Hall–Kier alpha value is -1.98. The summed E-state index contributed by atoms with van der Waals surface area (Å²) in [6.45, 7) is -0.184. The molecule has 0 saturated heterocycles. The molecule has 1 unspecified atom stereocenters. The van der Waals surface area contributed by atoms with Crippen molar-refractivity contribution in [3.63, 3.8) is 0 Å². The number of alkyl halides is 2. The average molecular weight is 421 g/mol. The van der Waals surface area contributed by atoms with E-state index in [1.54, 1.807) is 6.07 Å². The Bertz CT molecular complexity index is 1060. The first kappa shape index (κ1) is 18.8. The number of thiazole rings is 1. The van der Waals surface area contributed by atoms with E-state index in [2.05, 4.69) is 10.1 Å². The van der Waals surface area contributed by atoms with Crippen molar-refractivity contribution in [3.05, 3.63) is 33.5 Å². The number of carbonyl (C=O) groups is 1. The van der Waals surface area contributed by atoms with E-state index in [1.165, 1.54) is 31.3 Å². The molecular formula is C14H11ClF2N4O3S2. The molecule has 2 aromatic heterocycles. The molecule has 0 amide bonds. The zero-order valence-corrected chi connectivity index (χ0v) is 15.7. The van der Waals surface area contributed by atoms with Crippen LogP contribution in [0.3, 0.4) is 0 Å². The highest BCUT2D eigenvalue weighted by molar-refractivity contribution is 8.02. The molecule has 138 valence electrons. The molecule has 1 N–H and O–H groups in total. The third kappa shape index (κ3) is 3.33. The van der Waals surface area contributed by atoms with Crippen molar-refractivity contribution in [2.24, 2.45) is 0 Å². The third-order valence-electron chi connectivity index (χ3n) is 3.47. The molecule has 0 fully saturated rings. The largest absolute Gasteiger partial charge is 0.480 e. The highest BCUT2D eigenvalue weighted by atomic mass is 35.5. The van der Waals surface area contributed by atoms with Crippen LogP contribution in [0.1, 0.15) is 19.3 Å². The van der Waals surface area contributed by atoms with Gasteiger partial charge in [0.2, 0.25) is 0 Å². The van der Waals surface area contributed by atoms with E-state index in [0.717, 1.165) is 16.4 Å². The van der Waals surface area contributed by atoms with Crippen LogP contribution in [0.2, 0.25) is 5.02 Å². The number of benzene rings is 1. The molecule has 0 bridgehead atoms. The number of carboxylic acids is 1. The topological polar surface area (TPSA) is 90.0 Å². The molecule has 0 saturated carbocycles. The van der Waals surface area contributed by atoms with Crippen molar-refractivity contribution >= 4 is 50.9 Å². The molecule has 2 heterocycles. The van der Waals surface area contributed by atoms with Gasteiger partial charge in [-0.05, 0) is 26.0 Å². The number of fused-ring (bicyclic) bond motifs is 1. The predicted octanol–water partition coefficient (Wildman–Crippen LogP) is 3.57.